The summed E-state index contributed by atoms with van der Waals surface area (Å²) < 4.78 is 32.1. The van der Waals surface area contributed by atoms with E-state index in [0.29, 0.717) is 6.54 Å². The second-order valence-corrected chi connectivity index (χ2v) is 5.88. The normalized spacial score (nSPS) is 17.4. The molecule has 0 bridgehead atoms. The summed E-state index contributed by atoms with van der Waals surface area (Å²) in [7, 11) is 1.34. The smallest absolute Gasteiger partial charge is 0.341 e. The third kappa shape index (κ3) is 3.52. The van der Waals surface area contributed by atoms with Gasteiger partial charge in [-0.2, -0.15) is 5.10 Å². The lowest BCUT2D eigenvalue weighted by atomic mass is 10.1. The van der Waals surface area contributed by atoms with Crippen molar-refractivity contribution >= 4 is 17.6 Å². The molecule has 1 fully saturated rings. The number of carbonyl (C=O) groups excluding carboxylic acids is 2. The van der Waals surface area contributed by atoms with Crippen LogP contribution in [0.25, 0.3) is 0 Å². The van der Waals surface area contributed by atoms with Gasteiger partial charge in [-0.15, -0.1) is 0 Å². The molecule has 0 unspecified atom stereocenters. The molecule has 0 spiro atoms. The predicted octanol–water partition coefficient (Wildman–Crippen LogP) is 2.57. The second kappa shape index (κ2) is 7.00. The summed E-state index contributed by atoms with van der Waals surface area (Å²) in [6, 6.07) is 9.19. The van der Waals surface area contributed by atoms with Gasteiger partial charge in [-0.3, -0.25) is 9.48 Å². The van der Waals surface area contributed by atoms with Crippen LogP contribution < -0.4 is 4.90 Å². The maximum atomic E-state index is 13.0. The van der Waals surface area contributed by atoms with Gasteiger partial charge in [0.15, 0.2) is 0 Å². The molecule has 1 aliphatic heterocycles. The van der Waals surface area contributed by atoms with Crippen LogP contribution in [0.15, 0.2) is 36.5 Å². The van der Waals surface area contributed by atoms with Gasteiger partial charge in [0.1, 0.15) is 11.3 Å². The maximum Gasteiger partial charge on any atom is 0.341 e. The summed E-state index contributed by atoms with van der Waals surface area (Å²) in [5.74, 6) is -1.08. The Labute approximate surface area is 143 Å². The van der Waals surface area contributed by atoms with E-state index in [1.54, 1.807) is 4.90 Å². The van der Waals surface area contributed by atoms with E-state index < -0.39 is 18.1 Å². The van der Waals surface area contributed by atoms with E-state index in [1.807, 2.05) is 30.3 Å². The number of aromatic nitrogens is 2. The topological polar surface area (TPSA) is 64.4 Å². The predicted molar refractivity (Wildman–Crippen MR) is 85.3 cm³/mol. The standard InChI is InChI=1S/C17H17F2N3O3/c1-21-15(16(18)19)13(8-20-21)17(24)25-10-11-7-14(23)22(9-11)12-5-3-2-4-6-12/h2-6,8,11,16H,7,9-10H2,1H3/t11-/m0/s1. The summed E-state index contributed by atoms with van der Waals surface area (Å²) in [6.07, 6.45) is -1.51. The number of amides is 1. The average Bonchev–Trinajstić information content (AvgIpc) is 3.16. The highest BCUT2D eigenvalue weighted by Gasteiger charge is 2.32. The summed E-state index contributed by atoms with van der Waals surface area (Å²) in [6.45, 7) is 0.413. The van der Waals surface area contributed by atoms with Crippen molar-refractivity contribution in [3.8, 4) is 0 Å². The summed E-state index contributed by atoms with van der Waals surface area (Å²) in [5.41, 5.74) is 0.0636. The summed E-state index contributed by atoms with van der Waals surface area (Å²) in [5, 5.41) is 3.68. The van der Waals surface area contributed by atoms with Crippen LogP contribution in [0.5, 0.6) is 0 Å². The van der Waals surface area contributed by atoms with Crippen molar-refractivity contribution in [2.45, 2.75) is 12.8 Å². The molecule has 132 valence electrons. The molecule has 2 heterocycles. The minimum Gasteiger partial charge on any atom is -0.462 e. The molecule has 25 heavy (non-hydrogen) atoms. The van der Waals surface area contributed by atoms with E-state index in [0.717, 1.165) is 16.6 Å². The molecule has 3 rings (SSSR count). The molecule has 1 amide bonds. The van der Waals surface area contributed by atoms with Crippen molar-refractivity contribution in [3.05, 3.63) is 47.8 Å². The van der Waals surface area contributed by atoms with Gasteiger partial charge in [-0.05, 0) is 12.1 Å². The molecule has 1 aromatic heterocycles. The molecule has 0 saturated carbocycles. The first-order valence-electron chi connectivity index (χ1n) is 7.80. The van der Waals surface area contributed by atoms with Crippen molar-refractivity contribution in [3.63, 3.8) is 0 Å². The fourth-order valence-electron chi connectivity index (χ4n) is 2.89. The first-order chi connectivity index (χ1) is 12.0. The Kier molecular flexibility index (Phi) is 4.78. The Bertz CT molecular complexity index is 777. The van der Waals surface area contributed by atoms with Crippen molar-refractivity contribution in [2.24, 2.45) is 13.0 Å². The third-order valence-corrected chi connectivity index (χ3v) is 4.13. The number of halogens is 2. The molecular formula is C17H17F2N3O3. The van der Waals surface area contributed by atoms with Gasteiger partial charge < -0.3 is 9.64 Å². The van der Waals surface area contributed by atoms with Gasteiger partial charge >= 0.3 is 5.97 Å². The Morgan fingerprint density at radius 1 is 1.36 bits per heavy atom. The number of carbonyl (C=O) groups is 2. The van der Waals surface area contributed by atoms with E-state index in [2.05, 4.69) is 5.10 Å². The summed E-state index contributed by atoms with van der Waals surface area (Å²) in [4.78, 5) is 25.8. The number of nitrogens with zero attached hydrogens (tertiary/aromatic N) is 3. The Balaban J connectivity index is 1.61. The minimum atomic E-state index is -2.82. The molecule has 1 atom stereocenters. The van der Waals surface area contributed by atoms with Crippen LogP contribution in [0.2, 0.25) is 0 Å². The van der Waals surface area contributed by atoms with Gasteiger partial charge in [-0.1, -0.05) is 18.2 Å². The number of rotatable bonds is 5. The van der Waals surface area contributed by atoms with Crippen molar-refractivity contribution in [2.75, 3.05) is 18.1 Å². The number of hydrogen-bond acceptors (Lipinski definition) is 4. The van der Waals surface area contributed by atoms with Crippen LogP contribution >= 0.6 is 0 Å². The van der Waals surface area contributed by atoms with Crippen LogP contribution in [0.1, 0.15) is 28.9 Å². The van der Waals surface area contributed by atoms with Crippen LogP contribution in [-0.2, 0) is 16.6 Å². The van der Waals surface area contributed by atoms with Crippen LogP contribution in [0.4, 0.5) is 14.5 Å². The fraction of sp³-hybridized carbons (Fsp3) is 0.353. The average molecular weight is 349 g/mol. The van der Waals surface area contributed by atoms with E-state index >= 15 is 0 Å². The van der Waals surface area contributed by atoms with E-state index in [-0.39, 0.29) is 30.4 Å². The molecule has 0 radical (unpaired) electrons. The lowest BCUT2D eigenvalue weighted by Crippen LogP contribution is -2.25. The maximum absolute atomic E-state index is 13.0. The SMILES string of the molecule is Cn1ncc(C(=O)OC[C@H]2CC(=O)N(c3ccccc3)C2)c1C(F)F. The van der Waals surface area contributed by atoms with E-state index in [1.165, 1.54) is 7.05 Å². The van der Waals surface area contributed by atoms with Gasteiger partial charge in [0.25, 0.3) is 6.43 Å². The number of aryl methyl sites for hydroxylation is 1. The molecule has 0 aliphatic carbocycles. The van der Waals surface area contributed by atoms with Crippen LogP contribution in [0.3, 0.4) is 0 Å². The van der Waals surface area contributed by atoms with Gasteiger partial charge in [0.05, 0.1) is 12.8 Å². The minimum absolute atomic E-state index is 0.00845. The van der Waals surface area contributed by atoms with E-state index in [9.17, 15) is 18.4 Å². The van der Waals surface area contributed by atoms with Gasteiger partial charge in [0.2, 0.25) is 5.91 Å². The number of ether oxygens (including phenoxy) is 1. The monoisotopic (exact) mass is 349 g/mol. The number of alkyl halides is 2. The quantitative estimate of drug-likeness (QED) is 0.779. The molecule has 8 heteroatoms. The first-order valence-corrected chi connectivity index (χ1v) is 7.80. The van der Waals surface area contributed by atoms with Crippen LogP contribution in [-0.4, -0.2) is 34.8 Å². The highest BCUT2D eigenvalue weighted by Crippen LogP contribution is 2.26. The summed E-state index contributed by atoms with van der Waals surface area (Å²) >= 11 is 0. The first kappa shape index (κ1) is 17.1. The molecule has 1 saturated heterocycles. The fourth-order valence-corrected chi connectivity index (χ4v) is 2.89. The van der Waals surface area contributed by atoms with Crippen molar-refractivity contribution in [1.29, 1.82) is 0 Å². The van der Waals surface area contributed by atoms with Crippen LogP contribution in [0, 0.1) is 5.92 Å². The molecule has 1 aliphatic rings. The Hall–Kier alpha value is -2.77. The molecular weight excluding hydrogens is 332 g/mol. The zero-order valence-electron chi connectivity index (χ0n) is 13.6. The molecule has 0 N–H and O–H groups in total. The third-order valence-electron chi connectivity index (χ3n) is 4.13. The zero-order chi connectivity index (χ0) is 18.0. The molecule has 2 aromatic rings. The number of esters is 1. The van der Waals surface area contributed by atoms with Crippen molar-refractivity contribution < 1.29 is 23.1 Å². The highest BCUT2D eigenvalue weighted by atomic mass is 19.3. The van der Waals surface area contributed by atoms with Gasteiger partial charge in [-0.25, -0.2) is 13.6 Å². The second-order valence-electron chi connectivity index (χ2n) is 5.88. The molecule has 1 aromatic carbocycles. The number of benzene rings is 1. The zero-order valence-corrected chi connectivity index (χ0v) is 13.6. The van der Waals surface area contributed by atoms with Gasteiger partial charge in [0, 0.05) is 31.6 Å². The molecule has 6 nitrogen and oxygen atoms in total. The largest absolute Gasteiger partial charge is 0.462 e. The lowest BCUT2D eigenvalue weighted by molar-refractivity contribution is -0.117. The lowest BCUT2D eigenvalue weighted by Gasteiger charge is -2.16. The number of para-hydroxylation sites is 1. The van der Waals surface area contributed by atoms with E-state index in [4.69, 9.17) is 4.74 Å². The Morgan fingerprint density at radius 2 is 2.08 bits per heavy atom. The number of hydrogen-bond donors (Lipinski definition) is 0. The highest BCUT2D eigenvalue weighted by molar-refractivity contribution is 5.95. The Morgan fingerprint density at radius 3 is 2.76 bits per heavy atom. The van der Waals surface area contributed by atoms with Crippen molar-refractivity contribution in [1.82, 2.24) is 9.78 Å². The number of anilines is 1.